The Morgan fingerprint density at radius 3 is 0.785 bits per heavy atom. The molecule has 26 heteroatoms. The molecule has 16 N–H and O–H groups in total. The molecule has 0 spiro atoms. The van der Waals surface area contributed by atoms with E-state index in [1.807, 2.05) is 7.05 Å². The van der Waals surface area contributed by atoms with E-state index in [-0.39, 0.29) is 72.6 Å². The van der Waals surface area contributed by atoms with E-state index in [2.05, 4.69) is 5.32 Å². The van der Waals surface area contributed by atoms with Crippen LogP contribution in [0.4, 0.5) is 0 Å². The Hall–Kier alpha value is -1.04. The van der Waals surface area contributed by atoms with Gasteiger partial charge in [-0.2, -0.15) is 0 Å². The molecule has 0 aliphatic heterocycles. The zero-order valence-corrected chi connectivity index (χ0v) is 37.7. The highest BCUT2D eigenvalue weighted by atomic mass is 16.6. The monoisotopic (exact) mass is 962 g/mol. The second-order valence-corrected chi connectivity index (χ2v) is 15.0. The topological polar surface area (TPSA) is 396 Å². The average molecular weight is 962 g/mol. The Morgan fingerprint density at radius 1 is 0.308 bits per heavy atom. The lowest BCUT2D eigenvalue weighted by atomic mass is 10.0. The van der Waals surface area contributed by atoms with E-state index in [4.69, 9.17) is 53.2 Å². The Kier molecular flexibility index (Phi) is 41.2. The van der Waals surface area contributed by atoms with Gasteiger partial charge in [-0.15, -0.1) is 0 Å². The normalized spacial score (nSPS) is 18.0. The van der Waals surface area contributed by atoms with Crippen LogP contribution in [0.1, 0.15) is 0 Å². The van der Waals surface area contributed by atoms with Crippen LogP contribution in [0.3, 0.4) is 0 Å². The van der Waals surface area contributed by atoms with E-state index in [0.717, 1.165) is 6.54 Å². The van der Waals surface area contributed by atoms with Crippen molar-refractivity contribution < 1.29 is 114 Å². The van der Waals surface area contributed by atoms with Crippen LogP contribution in [0.5, 0.6) is 0 Å². The van der Waals surface area contributed by atoms with Crippen molar-refractivity contribution in [3.8, 4) is 0 Å². The molecule has 65 heavy (non-hydrogen) atoms. The van der Waals surface area contributed by atoms with Crippen LogP contribution in [0.25, 0.3) is 0 Å². The molecule has 0 fully saturated rings. The van der Waals surface area contributed by atoms with Gasteiger partial charge in [0.2, 0.25) is 0 Å². The van der Waals surface area contributed by atoms with Crippen LogP contribution >= 0.6 is 0 Å². The van der Waals surface area contributed by atoms with E-state index in [1.54, 1.807) is 4.90 Å². The fourth-order valence-electron chi connectivity index (χ4n) is 5.64. The van der Waals surface area contributed by atoms with Crippen molar-refractivity contribution in [3.63, 3.8) is 0 Å². The number of aliphatic hydroxyl groups is 15. The average Bonchev–Trinajstić information content (AvgIpc) is 3.31. The van der Waals surface area contributed by atoms with E-state index in [9.17, 15) is 61.3 Å². The summed E-state index contributed by atoms with van der Waals surface area (Å²) in [5, 5.41) is 151. The predicted octanol–water partition coefficient (Wildman–Crippen LogP) is -9.75. The third kappa shape index (κ3) is 31.7. The minimum absolute atomic E-state index is 0.00827. The van der Waals surface area contributed by atoms with Gasteiger partial charge >= 0.3 is 0 Å². The highest BCUT2D eigenvalue weighted by Gasteiger charge is 2.35. The van der Waals surface area contributed by atoms with Gasteiger partial charge in [0, 0.05) is 45.8 Å². The molecule has 0 bridgehead atoms. The second-order valence-electron chi connectivity index (χ2n) is 15.0. The summed E-state index contributed by atoms with van der Waals surface area (Å²) in [5.41, 5.74) is 0. The first-order valence-electron chi connectivity index (χ1n) is 21.9. The predicted molar refractivity (Wildman–Crippen MR) is 227 cm³/mol. The summed E-state index contributed by atoms with van der Waals surface area (Å²) < 4.78 is 44.1. The number of aliphatic hydroxyl groups excluding tert-OH is 15. The van der Waals surface area contributed by atoms with Crippen LogP contribution in [-0.4, -0.2) is 338 Å². The SMILES string of the molecule is CNCCOCCOCCOCCOCCN(CCOCCOCCOCCOCCN(C[C@H](O)[C@@H](O)[C@H](O)[C@H](O)CO)C[C@H](O)[C@@H](O)[C@H](O)[C@H](O)CO)C[C@H](O)[C@@H](O)[C@H](O)[C@H](O)CO. The van der Waals surface area contributed by atoms with Gasteiger partial charge in [-0.05, 0) is 7.05 Å². The first kappa shape index (κ1) is 64.0. The molecule has 26 nitrogen and oxygen atoms in total. The van der Waals surface area contributed by atoms with Crippen LogP contribution in [0, 0.1) is 0 Å². The van der Waals surface area contributed by atoms with Gasteiger partial charge in [0.05, 0.1) is 144 Å². The second kappa shape index (κ2) is 41.9. The molecule has 0 heterocycles. The Morgan fingerprint density at radius 2 is 0.523 bits per heavy atom. The van der Waals surface area contributed by atoms with Crippen LogP contribution in [0.2, 0.25) is 0 Å². The molecule has 0 saturated heterocycles. The lowest BCUT2D eigenvalue weighted by molar-refractivity contribution is -0.131. The molecule has 0 aliphatic carbocycles. The number of ether oxygens (including phenoxy) is 8. The largest absolute Gasteiger partial charge is 0.394 e. The zero-order valence-electron chi connectivity index (χ0n) is 37.7. The molecule has 0 aromatic heterocycles. The summed E-state index contributed by atoms with van der Waals surface area (Å²) >= 11 is 0. The number of nitrogens with one attached hydrogen (secondary N) is 1. The molecular formula is C39H83N3O23. The number of hydrogen-bond acceptors (Lipinski definition) is 26. The minimum Gasteiger partial charge on any atom is -0.394 e. The summed E-state index contributed by atoms with van der Waals surface area (Å²) in [6, 6.07) is 0. The molecule has 0 amide bonds. The van der Waals surface area contributed by atoms with Crippen LogP contribution < -0.4 is 5.32 Å². The van der Waals surface area contributed by atoms with Gasteiger partial charge < -0.3 is 120 Å². The third-order valence-corrected chi connectivity index (χ3v) is 9.70. The molecule has 0 unspecified atom stereocenters. The van der Waals surface area contributed by atoms with Crippen molar-refractivity contribution in [3.05, 3.63) is 0 Å². The number of nitrogens with zero attached hydrogens (tertiary/aromatic N) is 2. The number of rotatable bonds is 48. The summed E-state index contributed by atoms with van der Waals surface area (Å²) in [7, 11) is 1.85. The van der Waals surface area contributed by atoms with Gasteiger partial charge in [0.1, 0.15) is 54.9 Å². The maximum absolute atomic E-state index is 10.5. The third-order valence-electron chi connectivity index (χ3n) is 9.70. The minimum atomic E-state index is -1.91. The molecule has 0 aromatic rings. The summed E-state index contributed by atoms with van der Waals surface area (Å²) in [4.78, 5) is 3.06. The maximum atomic E-state index is 10.5. The molecular weight excluding hydrogens is 878 g/mol. The molecule has 0 radical (unpaired) electrons. The number of hydrogen-bond donors (Lipinski definition) is 16. The molecule has 0 rings (SSSR count). The Labute approximate surface area is 380 Å². The molecule has 0 aliphatic rings. The van der Waals surface area contributed by atoms with Crippen LogP contribution in [0.15, 0.2) is 0 Å². The van der Waals surface area contributed by atoms with Gasteiger partial charge in [-0.25, -0.2) is 0 Å². The Bertz CT molecular complexity index is 1010. The van der Waals surface area contributed by atoms with Crippen molar-refractivity contribution in [2.24, 2.45) is 0 Å². The van der Waals surface area contributed by atoms with Crippen molar-refractivity contribution >= 4 is 0 Å². The van der Waals surface area contributed by atoms with Crippen LogP contribution in [-0.2, 0) is 37.9 Å². The molecule has 392 valence electrons. The first-order chi connectivity index (χ1) is 31.2. The first-order valence-corrected chi connectivity index (χ1v) is 21.9. The van der Waals surface area contributed by atoms with Gasteiger partial charge in [0.15, 0.2) is 0 Å². The fraction of sp³-hybridized carbons (Fsp3) is 1.00. The van der Waals surface area contributed by atoms with E-state index >= 15 is 0 Å². The molecule has 0 aromatic carbocycles. The summed E-state index contributed by atoms with van der Waals surface area (Å²) in [5.74, 6) is 0. The molecule has 0 saturated carbocycles. The van der Waals surface area contributed by atoms with E-state index in [1.165, 1.54) is 4.90 Å². The van der Waals surface area contributed by atoms with Crippen molar-refractivity contribution in [2.45, 2.75) is 73.2 Å². The maximum Gasteiger partial charge on any atom is 0.111 e. The lowest BCUT2D eigenvalue weighted by Gasteiger charge is -2.33. The van der Waals surface area contributed by atoms with Gasteiger partial charge in [0.25, 0.3) is 0 Å². The van der Waals surface area contributed by atoms with E-state index < -0.39 is 106 Å². The Balaban J connectivity index is 4.57. The van der Waals surface area contributed by atoms with Crippen molar-refractivity contribution in [1.29, 1.82) is 0 Å². The van der Waals surface area contributed by atoms with Gasteiger partial charge in [-0.3, -0.25) is 9.80 Å². The lowest BCUT2D eigenvalue weighted by Crippen LogP contribution is -2.53. The highest BCUT2D eigenvalue weighted by Crippen LogP contribution is 2.11. The fourth-order valence-corrected chi connectivity index (χ4v) is 5.64. The molecule has 12 atom stereocenters. The van der Waals surface area contributed by atoms with Crippen molar-refractivity contribution in [1.82, 2.24) is 15.1 Å². The van der Waals surface area contributed by atoms with Crippen molar-refractivity contribution in [2.75, 3.05) is 178 Å². The number of likely N-dealkylation sites (N-methyl/N-ethyl adjacent to an activating group) is 1. The zero-order chi connectivity index (χ0) is 48.8. The smallest absolute Gasteiger partial charge is 0.111 e. The highest BCUT2D eigenvalue weighted by molar-refractivity contribution is 4.86. The quantitative estimate of drug-likeness (QED) is 0.0252. The van der Waals surface area contributed by atoms with Gasteiger partial charge in [-0.1, -0.05) is 0 Å². The standard InChI is InChI=1S/C39H83N3O23/c1-40-2-6-58-10-14-62-18-19-63-15-11-59-7-3-41(22-28(46)34(52)37(55)31(49)25-43)4-8-60-12-16-64-20-21-65-17-13-61-9-5-42(23-29(47)35(53)38(56)32(50)26-44)24-30(48)36(54)39(57)33(51)27-45/h28-40,43-57H,2-27H2,1H3/t28-,29-,30-,31+,32+,33+,34+,35+,36+,37+,38+,39+/m0/s1. The summed E-state index contributed by atoms with van der Waals surface area (Å²) in [6.45, 7) is 2.49. The summed E-state index contributed by atoms with van der Waals surface area (Å²) in [6.07, 6.45) is -21.1. The van der Waals surface area contributed by atoms with E-state index in [0.29, 0.717) is 59.3 Å².